The number of benzene rings is 1. The maximum atomic E-state index is 13.0. The monoisotopic (exact) mass is 421 g/mol. The number of alkyl halides is 3. The first-order chi connectivity index (χ1) is 14.3. The minimum Gasteiger partial charge on any atom is -0.496 e. The van der Waals surface area contributed by atoms with Crippen molar-refractivity contribution in [2.75, 3.05) is 20.2 Å². The smallest absolute Gasteiger partial charge is 0.416 e. The largest absolute Gasteiger partial charge is 0.496 e. The van der Waals surface area contributed by atoms with E-state index in [4.69, 9.17) is 4.74 Å². The van der Waals surface area contributed by atoms with E-state index < -0.39 is 17.8 Å². The molecule has 1 saturated carbocycles. The summed E-state index contributed by atoms with van der Waals surface area (Å²) in [6, 6.07) is 5.77. The van der Waals surface area contributed by atoms with Crippen LogP contribution in [0.15, 0.2) is 24.3 Å². The molecule has 2 heterocycles. The van der Waals surface area contributed by atoms with Gasteiger partial charge in [-0.2, -0.15) is 18.3 Å². The van der Waals surface area contributed by atoms with Gasteiger partial charge in [-0.25, -0.2) is 0 Å². The molecule has 2 atom stereocenters. The third-order valence-electron chi connectivity index (χ3n) is 6.09. The van der Waals surface area contributed by atoms with Crippen molar-refractivity contribution >= 4 is 0 Å². The first kappa shape index (κ1) is 21.1. The van der Waals surface area contributed by atoms with Crippen LogP contribution in [0.3, 0.4) is 0 Å². The molecule has 30 heavy (non-hydrogen) atoms. The van der Waals surface area contributed by atoms with E-state index >= 15 is 0 Å². The highest BCUT2D eigenvalue weighted by Gasteiger charge is 2.36. The molecule has 2 fully saturated rings. The number of piperidine rings is 1. The lowest BCUT2D eigenvalue weighted by atomic mass is 9.90. The standard InChI is InChI=1S/C22H26F3N3O2/c1-13-10-18(21(29)14-4-3-9-28(12-14)16-6-7-16)26-27-20(13)17-8-5-15(22(23,24)25)11-19(17)30-2/h5,8,10-11,14,16,21,29H,3-4,6-7,9,12H2,1-2H3/t14?,21-/m1/s1. The molecule has 1 aromatic heterocycles. The van der Waals surface area contributed by atoms with Crippen molar-refractivity contribution in [1.29, 1.82) is 0 Å². The number of likely N-dealkylation sites (tertiary alicyclic amines) is 1. The van der Waals surface area contributed by atoms with Crippen LogP contribution in [0.25, 0.3) is 11.3 Å². The van der Waals surface area contributed by atoms with Crippen LogP contribution in [0.5, 0.6) is 5.75 Å². The number of hydrogen-bond acceptors (Lipinski definition) is 5. The Morgan fingerprint density at radius 1 is 1.17 bits per heavy atom. The quantitative estimate of drug-likeness (QED) is 0.776. The highest BCUT2D eigenvalue weighted by atomic mass is 19.4. The molecule has 1 aliphatic heterocycles. The van der Waals surface area contributed by atoms with Crippen molar-refractivity contribution in [3.8, 4) is 17.0 Å². The van der Waals surface area contributed by atoms with Gasteiger partial charge in [0.25, 0.3) is 0 Å². The number of aliphatic hydroxyl groups excluding tert-OH is 1. The van der Waals surface area contributed by atoms with Crippen molar-refractivity contribution in [3.63, 3.8) is 0 Å². The highest BCUT2D eigenvalue weighted by Crippen LogP contribution is 2.38. The number of ether oxygens (including phenoxy) is 1. The van der Waals surface area contributed by atoms with Crippen molar-refractivity contribution < 1.29 is 23.0 Å². The van der Waals surface area contributed by atoms with E-state index in [2.05, 4.69) is 15.1 Å². The Morgan fingerprint density at radius 3 is 2.57 bits per heavy atom. The summed E-state index contributed by atoms with van der Waals surface area (Å²) in [5.74, 6) is 0.197. The molecular formula is C22H26F3N3O2. The molecule has 8 heteroatoms. The van der Waals surface area contributed by atoms with Crippen LogP contribution < -0.4 is 4.74 Å². The number of halogens is 3. The van der Waals surface area contributed by atoms with Gasteiger partial charge in [0.2, 0.25) is 0 Å². The number of aromatic nitrogens is 2. The van der Waals surface area contributed by atoms with Crippen molar-refractivity contribution in [2.24, 2.45) is 5.92 Å². The Hall–Kier alpha value is -2.19. The molecule has 1 unspecified atom stereocenters. The maximum Gasteiger partial charge on any atom is 0.416 e. The number of hydrogen-bond donors (Lipinski definition) is 1. The van der Waals surface area contributed by atoms with Gasteiger partial charge in [0.1, 0.15) is 11.9 Å². The molecule has 0 bridgehead atoms. The topological polar surface area (TPSA) is 58.5 Å². The Bertz CT molecular complexity index is 915. The van der Waals surface area contributed by atoms with Crippen molar-refractivity contribution in [2.45, 2.75) is 50.9 Å². The maximum absolute atomic E-state index is 13.0. The zero-order valence-electron chi connectivity index (χ0n) is 17.1. The molecule has 0 radical (unpaired) electrons. The molecule has 1 N–H and O–H groups in total. The molecule has 0 spiro atoms. The molecule has 1 saturated heterocycles. The lowest BCUT2D eigenvalue weighted by Crippen LogP contribution is -2.39. The van der Waals surface area contributed by atoms with Gasteiger partial charge in [-0.3, -0.25) is 4.90 Å². The minimum absolute atomic E-state index is 0.0860. The molecule has 1 aromatic carbocycles. The molecule has 4 rings (SSSR count). The summed E-state index contributed by atoms with van der Waals surface area (Å²) >= 11 is 0. The summed E-state index contributed by atoms with van der Waals surface area (Å²) in [6.45, 7) is 3.76. The number of rotatable bonds is 5. The van der Waals surface area contributed by atoms with E-state index in [1.807, 2.05) is 6.92 Å². The van der Waals surface area contributed by atoms with E-state index in [-0.39, 0.29) is 11.7 Å². The van der Waals surface area contributed by atoms with Crippen molar-refractivity contribution in [1.82, 2.24) is 15.1 Å². The van der Waals surface area contributed by atoms with Crippen molar-refractivity contribution in [3.05, 3.63) is 41.1 Å². The van der Waals surface area contributed by atoms with Gasteiger partial charge in [-0.15, -0.1) is 5.10 Å². The second-order valence-electron chi connectivity index (χ2n) is 8.29. The first-order valence-corrected chi connectivity index (χ1v) is 10.3. The lowest BCUT2D eigenvalue weighted by Gasteiger charge is -2.35. The van der Waals surface area contributed by atoms with Crippen LogP contribution in [-0.2, 0) is 6.18 Å². The summed E-state index contributed by atoms with van der Waals surface area (Å²) in [6.07, 6.45) is -0.669. The van der Waals surface area contributed by atoms with E-state index in [1.54, 1.807) is 6.07 Å². The van der Waals surface area contributed by atoms with Crippen LogP contribution in [0.4, 0.5) is 13.2 Å². The van der Waals surface area contributed by atoms with E-state index in [1.165, 1.54) is 26.0 Å². The molecule has 2 aliphatic rings. The van der Waals surface area contributed by atoms with E-state index in [0.29, 0.717) is 23.0 Å². The fraction of sp³-hybridized carbons (Fsp3) is 0.545. The first-order valence-electron chi connectivity index (χ1n) is 10.3. The Kier molecular flexibility index (Phi) is 5.72. The predicted molar refractivity (Wildman–Crippen MR) is 106 cm³/mol. The third kappa shape index (κ3) is 4.30. The van der Waals surface area contributed by atoms with Gasteiger partial charge >= 0.3 is 6.18 Å². The fourth-order valence-corrected chi connectivity index (χ4v) is 4.29. The van der Waals surface area contributed by atoms with E-state index in [0.717, 1.165) is 43.6 Å². The molecule has 162 valence electrons. The molecule has 0 amide bonds. The highest BCUT2D eigenvalue weighted by molar-refractivity contribution is 5.70. The van der Waals surface area contributed by atoms with Gasteiger partial charge in [0.15, 0.2) is 0 Å². The summed E-state index contributed by atoms with van der Waals surface area (Å²) in [5.41, 5.74) is 1.34. The molecule has 1 aliphatic carbocycles. The van der Waals surface area contributed by atoms with Crippen LogP contribution in [-0.4, -0.2) is 46.4 Å². The SMILES string of the molecule is COc1cc(C(F)(F)F)ccc1-c1nnc([C@H](O)C2CCCN(C3CC3)C2)cc1C. The lowest BCUT2D eigenvalue weighted by molar-refractivity contribution is -0.137. The fourth-order valence-electron chi connectivity index (χ4n) is 4.29. The second kappa shape index (κ2) is 8.15. The van der Waals surface area contributed by atoms with Gasteiger partial charge in [0, 0.05) is 24.1 Å². The summed E-state index contributed by atoms with van der Waals surface area (Å²) in [5, 5.41) is 19.4. The number of aryl methyl sites for hydroxylation is 1. The number of methoxy groups -OCH3 is 1. The van der Waals surface area contributed by atoms with Gasteiger partial charge in [-0.1, -0.05) is 0 Å². The van der Waals surface area contributed by atoms with Crippen LogP contribution >= 0.6 is 0 Å². The number of aliphatic hydroxyl groups is 1. The number of nitrogens with zero attached hydrogens (tertiary/aromatic N) is 3. The second-order valence-corrected chi connectivity index (χ2v) is 8.29. The van der Waals surface area contributed by atoms with Crippen LogP contribution in [0.1, 0.15) is 48.6 Å². The third-order valence-corrected chi connectivity index (χ3v) is 6.09. The average Bonchev–Trinajstić information content (AvgIpc) is 3.57. The van der Waals surface area contributed by atoms with Gasteiger partial charge < -0.3 is 9.84 Å². The summed E-state index contributed by atoms with van der Waals surface area (Å²) < 4.78 is 44.2. The average molecular weight is 421 g/mol. The van der Waals surface area contributed by atoms with Crippen LogP contribution in [0, 0.1) is 12.8 Å². The summed E-state index contributed by atoms with van der Waals surface area (Å²) in [4.78, 5) is 2.46. The molecule has 2 aromatic rings. The predicted octanol–water partition coefficient (Wildman–Crippen LogP) is 4.39. The van der Waals surface area contributed by atoms with Crippen LogP contribution in [0.2, 0.25) is 0 Å². The van der Waals surface area contributed by atoms with Gasteiger partial charge in [-0.05, 0) is 69.0 Å². The Morgan fingerprint density at radius 2 is 1.93 bits per heavy atom. The van der Waals surface area contributed by atoms with E-state index in [9.17, 15) is 18.3 Å². The normalized spacial score (nSPS) is 21.5. The Balaban J connectivity index is 1.57. The molecule has 5 nitrogen and oxygen atoms in total. The zero-order chi connectivity index (χ0) is 21.5. The zero-order valence-corrected chi connectivity index (χ0v) is 17.1. The molecular weight excluding hydrogens is 395 g/mol. The van der Waals surface area contributed by atoms with Gasteiger partial charge in [0.05, 0.1) is 24.1 Å². The minimum atomic E-state index is -4.45. The Labute approximate surface area is 173 Å². The summed E-state index contributed by atoms with van der Waals surface area (Å²) in [7, 11) is 1.33.